The van der Waals surface area contributed by atoms with Crippen molar-refractivity contribution in [3.63, 3.8) is 0 Å². The monoisotopic (exact) mass is 234 g/mol. The third-order valence-electron chi connectivity index (χ3n) is 3.61. The van der Waals surface area contributed by atoms with E-state index in [4.69, 9.17) is 0 Å². The van der Waals surface area contributed by atoms with Crippen LogP contribution in [0.5, 0.6) is 5.75 Å². The quantitative estimate of drug-likeness (QED) is 0.774. The number of carbonyl (C=O) groups excluding carboxylic acids is 1. The third kappa shape index (κ3) is 2.87. The molecule has 2 heteroatoms. The van der Waals surface area contributed by atoms with Crippen LogP contribution in [0.2, 0.25) is 0 Å². The number of phenols is 1. The van der Waals surface area contributed by atoms with E-state index in [0.29, 0.717) is 11.3 Å². The molecule has 0 aliphatic carbocycles. The van der Waals surface area contributed by atoms with Gasteiger partial charge in [-0.25, -0.2) is 0 Å². The molecule has 0 saturated heterocycles. The first-order chi connectivity index (χ1) is 8.04. The van der Waals surface area contributed by atoms with E-state index in [2.05, 4.69) is 27.7 Å². The number of carbonyl (C=O) groups is 1. The van der Waals surface area contributed by atoms with Crippen LogP contribution in [-0.4, -0.2) is 11.4 Å². The summed E-state index contributed by atoms with van der Waals surface area (Å²) in [6, 6.07) is 3.62. The van der Waals surface area contributed by atoms with Gasteiger partial charge < -0.3 is 5.11 Å². The highest BCUT2D eigenvalue weighted by atomic mass is 16.3. The van der Waals surface area contributed by atoms with Crippen LogP contribution in [-0.2, 0) is 0 Å². The van der Waals surface area contributed by atoms with E-state index in [9.17, 15) is 9.90 Å². The van der Waals surface area contributed by atoms with E-state index in [1.807, 2.05) is 12.1 Å². The molecule has 0 heterocycles. The lowest BCUT2D eigenvalue weighted by Crippen LogP contribution is -2.01. The van der Waals surface area contributed by atoms with E-state index in [-0.39, 0.29) is 11.8 Å². The first-order valence-electron chi connectivity index (χ1n) is 6.37. The Hall–Kier alpha value is -1.31. The van der Waals surface area contributed by atoms with Crippen molar-refractivity contribution >= 4 is 6.29 Å². The van der Waals surface area contributed by atoms with Crippen molar-refractivity contribution in [1.29, 1.82) is 0 Å². The van der Waals surface area contributed by atoms with Gasteiger partial charge in [0.1, 0.15) is 12.0 Å². The Kier molecular flexibility index (Phi) is 4.73. The second kappa shape index (κ2) is 5.85. The molecular weight excluding hydrogens is 212 g/mol. The number of hydrogen-bond donors (Lipinski definition) is 1. The van der Waals surface area contributed by atoms with E-state index in [1.54, 1.807) is 0 Å². The van der Waals surface area contributed by atoms with Crippen molar-refractivity contribution in [2.45, 2.75) is 52.4 Å². The van der Waals surface area contributed by atoms with E-state index in [0.717, 1.165) is 30.3 Å². The second-order valence-electron chi connectivity index (χ2n) is 4.78. The first-order valence-corrected chi connectivity index (χ1v) is 6.37. The number of phenolic OH excluding ortho intramolecular Hbond substituents is 1. The summed E-state index contributed by atoms with van der Waals surface area (Å²) in [6.45, 7) is 8.31. The van der Waals surface area contributed by atoms with Gasteiger partial charge in [0.15, 0.2) is 0 Å². The maximum atomic E-state index is 11.0. The Morgan fingerprint density at radius 2 is 1.53 bits per heavy atom. The molecule has 0 aliphatic rings. The Bertz CT molecular complexity index is 365. The van der Waals surface area contributed by atoms with Crippen molar-refractivity contribution in [2.24, 2.45) is 0 Å². The number of rotatable bonds is 5. The summed E-state index contributed by atoms with van der Waals surface area (Å²) < 4.78 is 0. The fraction of sp³-hybridized carbons (Fsp3) is 0.533. The molecule has 2 unspecified atom stereocenters. The molecule has 1 aromatic carbocycles. The van der Waals surface area contributed by atoms with Crippen LogP contribution in [0.1, 0.15) is 73.9 Å². The largest absolute Gasteiger partial charge is 0.507 e. The molecule has 0 bridgehead atoms. The Labute approximate surface area is 104 Å². The zero-order chi connectivity index (χ0) is 13.0. The molecule has 17 heavy (non-hydrogen) atoms. The van der Waals surface area contributed by atoms with Crippen molar-refractivity contribution in [3.05, 3.63) is 28.8 Å². The number of hydrogen-bond acceptors (Lipinski definition) is 2. The number of aldehydes is 1. The lowest BCUT2D eigenvalue weighted by molar-refractivity contribution is 0.112. The lowest BCUT2D eigenvalue weighted by atomic mass is 9.88. The van der Waals surface area contributed by atoms with Crippen LogP contribution in [0.25, 0.3) is 0 Å². The molecule has 0 saturated carbocycles. The maximum absolute atomic E-state index is 11.0. The average Bonchev–Trinajstić information content (AvgIpc) is 2.37. The van der Waals surface area contributed by atoms with Crippen molar-refractivity contribution in [1.82, 2.24) is 0 Å². The maximum Gasteiger partial charge on any atom is 0.150 e. The van der Waals surface area contributed by atoms with Gasteiger partial charge in [-0.3, -0.25) is 4.79 Å². The molecular formula is C15H22O2. The van der Waals surface area contributed by atoms with Gasteiger partial charge in [0, 0.05) is 5.56 Å². The summed E-state index contributed by atoms with van der Waals surface area (Å²) >= 11 is 0. The molecule has 0 spiro atoms. The molecule has 1 rings (SSSR count). The van der Waals surface area contributed by atoms with Crippen LogP contribution >= 0.6 is 0 Å². The van der Waals surface area contributed by atoms with Gasteiger partial charge in [-0.1, -0.05) is 27.7 Å². The lowest BCUT2D eigenvalue weighted by Gasteiger charge is -2.18. The topological polar surface area (TPSA) is 37.3 Å². The Morgan fingerprint density at radius 1 is 1.12 bits per heavy atom. The van der Waals surface area contributed by atoms with Gasteiger partial charge >= 0.3 is 0 Å². The summed E-state index contributed by atoms with van der Waals surface area (Å²) in [4.78, 5) is 11.0. The normalized spacial score (nSPS) is 14.4. The molecule has 2 nitrogen and oxygen atoms in total. The van der Waals surface area contributed by atoms with Gasteiger partial charge in [-0.2, -0.15) is 0 Å². The summed E-state index contributed by atoms with van der Waals surface area (Å²) in [6.07, 6.45) is 2.77. The summed E-state index contributed by atoms with van der Waals surface area (Å²) in [7, 11) is 0. The fourth-order valence-corrected chi connectivity index (χ4v) is 1.96. The first kappa shape index (κ1) is 13.8. The van der Waals surface area contributed by atoms with Gasteiger partial charge in [-0.15, -0.1) is 0 Å². The van der Waals surface area contributed by atoms with Crippen molar-refractivity contribution in [2.75, 3.05) is 0 Å². The predicted molar refractivity (Wildman–Crippen MR) is 70.9 cm³/mol. The van der Waals surface area contributed by atoms with E-state index < -0.39 is 0 Å². The molecule has 0 aromatic heterocycles. The minimum absolute atomic E-state index is 0.276. The van der Waals surface area contributed by atoms with Crippen LogP contribution in [0.3, 0.4) is 0 Å². The molecule has 94 valence electrons. The highest BCUT2D eigenvalue weighted by molar-refractivity contribution is 5.76. The van der Waals surface area contributed by atoms with Crippen LogP contribution < -0.4 is 0 Å². The molecule has 1 aromatic rings. The van der Waals surface area contributed by atoms with Gasteiger partial charge in [-0.05, 0) is 47.9 Å². The zero-order valence-electron chi connectivity index (χ0n) is 11.2. The Morgan fingerprint density at radius 3 is 1.82 bits per heavy atom. The van der Waals surface area contributed by atoms with Crippen LogP contribution in [0.4, 0.5) is 0 Å². The Balaban J connectivity index is 3.35. The fourth-order valence-electron chi connectivity index (χ4n) is 1.96. The summed E-state index contributed by atoms with van der Waals surface area (Å²) in [5.41, 5.74) is 2.45. The summed E-state index contributed by atoms with van der Waals surface area (Å²) in [5.74, 6) is 0.926. The van der Waals surface area contributed by atoms with Gasteiger partial charge in [0.25, 0.3) is 0 Å². The minimum Gasteiger partial charge on any atom is -0.507 e. The minimum atomic E-state index is 0.276. The van der Waals surface area contributed by atoms with Gasteiger partial charge in [0.2, 0.25) is 0 Å². The van der Waals surface area contributed by atoms with Crippen LogP contribution in [0, 0.1) is 0 Å². The SMILES string of the molecule is CCC(C)c1cc(C=O)cc(C(C)CC)c1O. The molecule has 1 N–H and O–H groups in total. The highest BCUT2D eigenvalue weighted by Gasteiger charge is 2.17. The second-order valence-corrected chi connectivity index (χ2v) is 4.78. The average molecular weight is 234 g/mol. The summed E-state index contributed by atoms with van der Waals surface area (Å²) in [5, 5.41) is 10.3. The third-order valence-corrected chi connectivity index (χ3v) is 3.61. The van der Waals surface area contributed by atoms with Crippen molar-refractivity contribution < 1.29 is 9.90 Å². The molecule has 2 atom stereocenters. The molecule has 0 fully saturated rings. The number of benzene rings is 1. The molecule has 0 amide bonds. The molecule has 0 aliphatic heterocycles. The highest BCUT2D eigenvalue weighted by Crippen LogP contribution is 2.36. The van der Waals surface area contributed by atoms with Crippen molar-refractivity contribution in [3.8, 4) is 5.75 Å². The zero-order valence-corrected chi connectivity index (χ0v) is 11.2. The standard InChI is InChI=1S/C15H22O2/c1-5-10(3)13-7-12(9-16)8-14(15(13)17)11(4)6-2/h7-11,17H,5-6H2,1-4H3. The molecule has 0 radical (unpaired) electrons. The van der Waals surface area contributed by atoms with E-state index in [1.165, 1.54) is 0 Å². The number of aromatic hydroxyl groups is 1. The smallest absolute Gasteiger partial charge is 0.150 e. The van der Waals surface area contributed by atoms with E-state index >= 15 is 0 Å². The van der Waals surface area contributed by atoms with Gasteiger partial charge in [0.05, 0.1) is 0 Å². The van der Waals surface area contributed by atoms with Crippen LogP contribution in [0.15, 0.2) is 12.1 Å². The predicted octanol–water partition coefficient (Wildman–Crippen LogP) is 4.23.